The highest BCUT2D eigenvalue weighted by Crippen LogP contribution is 2.22. The molecule has 0 unspecified atom stereocenters. The standard InChI is InChI=1S/C17H16N4O/c1-10-4-12(6-15-16(10)20-9-19-15)17(22)21-14-3-2-11-7-18-8-13(11)5-14/h2-6,9,18H,7-8H2,1H3,(H,19,20)(H,21,22). The highest BCUT2D eigenvalue weighted by molar-refractivity contribution is 6.06. The molecule has 0 bridgehead atoms. The molecule has 3 aromatic rings. The van der Waals surface area contributed by atoms with E-state index in [2.05, 4.69) is 26.7 Å². The summed E-state index contributed by atoms with van der Waals surface area (Å²) in [4.78, 5) is 19.8. The molecule has 1 aliphatic rings. The highest BCUT2D eigenvalue weighted by Gasteiger charge is 2.13. The van der Waals surface area contributed by atoms with Crippen LogP contribution in [0.4, 0.5) is 5.69 Å². The normalized spacial score (nSPS) is 13.3. The van der Waals surface area contributed by atoms with Crippen LogP contribution in [-0.4, -0.2) is 15.9 Å². The first-order valence-corrected chi connectivity index (χ1v) is 7.28. The third-order valence-corrected chi connectivity index (χ3v) is 4.07. The molecule has 2 aromatic carbocycles. The molecular weight excluding hydrogens is 276 g/mol. The molecular formula is C17H16N4O. The fourth-order valence-electron chi connectivity index (χ4n) is 2.93. The third kappa shape index (κ3) is 2.16. The average molecular weight is 292 g/mol. The van der Waals surface area contributed by atoms with Crippen LogP contribution in [0.5, 0.6) is 0 Å². The topological polar surface area (TPSA) is 69.8 Å². The fourth-order valence-corrected chi connectivity index (χ4v) is 2.93. The van der Waals surface area contributed by atoms with Crippen LogP contribution in [0.15, 0.2) is 36.7 Å². The van der Waals surface area contributed by atoms with E-state index >= 15 is 0 Å². The lowest BCUT2D eigenvalue weighted by Gasteiger charge is -2.08. The number of nitrogens with one attached hydrogen (secondary N) is 3. The number of aromatic nitrogens is 2. The van der Waals surface area contributed by atoms with Crippen molar-refractivity contribution in [2.75, 3.05) is 5.32 Å². The van der Waals surface area contributed by atoms with E-state index in [1.165, 1.54) is 11.1 Å². The summed E-state index contributed by atoms with van der Waals surface area (Å²) >= 11 is 0. The van der Waals surface area contributed by atoms with Gasteiger partial charge in [-0.15, -0.1) is 0 Å². The minimum atomic E-state index is -0.106. The second kappa shape index (κ2) is 4.96. The molecule has 5 nitrogen and oxygen atoms in total. The lowest BCUT2D eigenvalue weighted by molar-refractivity contribution is 0.102. The number of amides is 1. The Bertz CT molecular complexity index is 881. The van der Waals surface area contributed by atoms with Crippen molar-refractivity contribution in [3.8, 4) is 0 Å². The van der Waals surface area contributed by atoms with E-state index < -0.39 is 0 Å². The predicted molar refractivity (Wildman–Crippen MR) is 85.8 cm³/mol. The lowest BCUT2D eigenvalue weighted by Crippen LogP contribution is -2.12. The van der Waals surface area contributed by atoms with E-state index in [4.69, 9.17) is 0 Å². The van der Waals surface area contributed by atoms with Crippen molar-refractivity contribution in [1.82, 2.24) is 15.3 Å². The largest absolute Gasteiger partial charge is 0.345 e. The summed E-state index contributed by atoms with van der Waals surface area (Å²) in [6, 6.07) is 9.75. The van der Waals surface area contributed by atoms with Crippen molar-refractivity contribution in [3.05, 3.63) is 58.9 Å². The van der Waals surface area contributed by atoms with Crippen molar-refractivity contribution in [3.63, 3.8) is 0 Å². The van der Waals surface area contributed by atoms with Crippen molar-refractivity contribution in [1.29, 1.82) is 0 Å². The zero-order valence-electron chi connectivity index (χ0n) is 12.2. The summed E-state index contributed by atoms with van der Waals surface area (Å²) in [7, 11) is 0. The number of benzene rings is 2. The molecule has 0 atom stereocenters. The van der Waals surface area contributed by atoms with Crippen molar-refractivity contribution in [2.24, 2.45) is 0 Å². The second-order valence-corrected chi connectivity index (χ2v) is 5.63. The fraction of sp³-hybridized carbons (Fsp3) is 0.176. The van der Waals surface area contributed by atoms with Gasteiger partial charge in [-0.1, -0.05) is 6.07 Å². The van der Waals surface area contributed by atoms with Gasteiger partial charge in [-0.3, -0.25) is 4.79 Å². The molecule has 110 valence electrons. The van der Waals surface area contributed by atoms with Crippen molar-refractivity contribution < 1.29 is 4.79 Å². The van der Waals surface area contributed by atoms with E-state index in [0.717, 1.165) is 35.4 Å². The van der Waals surface area contributed by atoms with Gasteiger partial charge in [0.2, 0.25) is 0 Å². The number of aryl methyl sites for hydroxylation is 1. The molecule has 0 aliphatic carbocycles. The Kier molecular flexibility index (Phi) is 2.94. The number of nitrogens with zero attached hydrogens (tertiary/aromatic N) is 1. The zero-order valence-corrected chi connectivity index (χ0v) is 12.2. The van der Waals surface area contributed by atoms with Gasteiger partial charge in [0.1, 0.15) is 0 Å². The summed E-state index contributed by atoms with van der Waals surface area (Å²) in [6.45, 7) is 3.72. The van der Waals surface area contributed by atoms with Gasteiger partial charge in [-0.25, -0.2) is 4.98 Å². The summed E-state index contributed by atoms with van der Waals surface area (Å²) in [5.74, 6) is -0.106. The van der Waals surface area contributed by atoms with Crippen LogP contribution in [-0.2, 0) is 13.1 Å². The molecule has 22 heavy (non-hydrogen) atoms. The first kappa shape index (κ1) is 13.0. The molecule has 0 fully saturated rings. The quantitative estimate of drug-likeness (QED) is 0.680. The molecule has 3 N–H and O–H groups in total. The van der Waals surface area contributed by atoms with Crippen LogP contribution in [0.25, 0.3) is 11.0 Å². The van der Waals surface area contributed by atoms with Gasteiger partial charge in [-0.2, -0.15) is 0 Å². The average Bonchev–Trinajstić information content (AvgIpc) is 3.15. The maximum absolute atomic E-state index is 12.5. The third-order valence-electron chi connectivity index (χ3n) is 4.07. The summed E-state index contributed by atoms with van der Waals surface area (Å²) < 4.78 is 0. The van der Waals surface area contributed by atoms with Crippen LogP contribution in [0.2, 0.25) is 0 Å². The Labute approximate surface area is 127 Å². The number of H-pyrrole nitrogens is 1. The number of hydrogen-bond donors (Lipinski definition) is 3. The minimum absolute atomic E-state index is 0.106. The molecule has 1 aromatic heterocycles. The van der Waals surface area contributed by atoms with Gasteiger partial charge in [0.05, 0.1) is 17.4 Å². The zero-order chi connectivity index (χ0) is 15.1. The van der Waals surface area contributed by atoms with Gasteiger partial charge in [0, 0.05) is 24.3 Å². The lowest BCUT2D eigenvalue weighted by atomic mass is 10.1. The van der Waals surface area contributed by atoms with E-state index in [-0.39, 0.29) is 5.91 Å². The summed E-state index contributed by atoms with van der Waals surface area (Å²) in [5, 5.41) is 6.27. The molecule has 2 heterocycles. The number of hydrogen-bond acceptors (Lipinski definition) is 3. The first-order chi connectivity index (χ1) is 10.7. The number of fused-ring (bicyclic) bond motifs is 2. The maximum Gasteiger partial charge on any atom is 0.255 e. The van der Waals surface area contributed by atoms with Gasteiger partial charge >= 0.3 is 0 Å². The van der Waals surface area contributed by atoms with E-state index in [1.807, 2.05) is 31.2 Å². The smallest absolute Gasteiger partial charge is 0.255 e. The molecule has 0 saturated carbocycles. The number of aromatic amines is 1. The molecule has 0 saturated heterocycles. The first-order valence-electron chi connectivity index (χ1n) is 7.28. The number of carbonyl (C=O) groups is 1. The van der Waals surface area contributed by atoms with Gasteiger partial charge in [-0.05, 0) is 47.9 Å². The Morgan fingerprint density at radius 1 is 1.18 bits per heavy atom. The van der Waals surface area contributed by atoms with E-state index in [9.17, 15) is 4.79 Å². The molecule has 1 amide bonds. The number of imidazole rings is 1. The molecule has 5 heteroatoms. The summed E-state index contributed by atoms with van der Waals surface area (Å²) in [6.07, 6.45) is 1.65. The van der Waals surface area contributed by atoms with Crippen LogP contribution < -0.4 is 10.6 Å². The van der Waals surface area contributed by atoms with Gasteiger partial charge < -0.3 is 15.6 Å². The van der Waals surface area contributed by atoms with Crippen molar-refractivity contribution in [2.45, 2.75) is 20.0 Å². The van der Waals surface area contributed by atoms with E-state index in [0.29, 0.717) is 5.56 Å². The number of rotatable bonds is 2. The van der Waals surface area contributed by atoms with Crippen LogP contribution in [0.1, 0.15) is 27.0 Å². The van der Waals surface area contributed by atoms with Crippen LogP contribution >= 0.6 is 0 Å². The predicted octanol–water partition coefficient (Wildman–Crippen LogP) is 2.73. The Morgan fingerprint density at radius 2 is 2.05 bits per heavy atom. The second-order valence-electron chi connectivity index (χ2n) is 5.63. The number of anilines is 1. The molecule has 1 aliphatic heterocycles. The minimum Gasteiger partial charge on any atom is -0.345 e. The molecule has 0 radical (unpaired) electrons. The van der Waals surface area contributed by atoms with Crippen molar-refractivity contribution >= 4 is 22.6 Å². The van der Waals surface area contributed by atoms with Gasteiger partial charge in [0.15, 0.2) is 0 Å². The van der Waals surface area contributed by atoms with Crippen LogP contribution in [0.3, 0.4) is 0 Å². The van der Waals surface area contributed by atoms with Crippen LogP contribution in [0, 0.1) is 6.92 Å². The monoisotopic (exact) mass is 292 g/mol. The molecule has 4 rings (SSSR count). The van der Waals surface area contributed by atoms with E-state index in [1.54, 1.807) is 6.33 Å². The maximum atomic E-state index is 12.5. The van der Waals surface area contributed by atoms with Gasteiger partial charge in [0.25, 0.3) is 5.91 Å². The Balaban J connectivity index is 1.63. The Hall–Kier alpha value is -2.66. The number of carbonyl (C=O) groups excluding carboxylic acids is 1. The SMILES string of the molecule is Cc1cc(C(=O)Nc2ccc3c(c2)CNC3)cc2[nH]cnc12. The highest BCUT2D eigenvalue weighted by atomic mass is 16.1. The summed E-state index contributed by atoms with van der Waals surface area (Å²) in [5.41, 5.74) is 6.78. The Morgan fingerprint density at radius 3 is 2.95 bits per heavy atom. The molecule has 0 spiro atoms.